The van der Waals surface area contributed by atoms with Gasteiger partial charge >= 0.3 is 0 Å². The molecule has 0 aromatic heterocycles. The summed E-state index contributed by atoms with van der Waals surface area (Å²) in [4.78, 5) is 0. The van der Waals surface area contributed by atoms with Crippen LogP contribution in [0, 0.1) is 13.8 Å². The first-order valence-corrected chi connectivity index (χ1v) is 28.4. The summed E-state index contributed by atoms with van der Waals surface area (Å²) >= 11 is 0. The van der Waals surface area contributed by atoms with Crippen LogP contribution in [-0.4, -0.2) is 0 Å². The highest BCUT2D eigenvalue weighted by atomic mass is 14.4. The molecule has 0 bridgehead atoms. The van der Waals surface area contributed by atoms with Gasteiger partial charge in [-0.05, 0) is 255 Å². The lowest BCUT2D eigenvalue weighted by atomic mass is 9.82. The molecule has 0 heteroatoms. The Kier molecular flexibility index (Phi) is 8.28. The molecule has 0 nitrogen and oxygen atoms in total. The van der Waals surface area contributed by atoms with Gasteiger partial charge in [0.05, 0.1) is 0 Å². The smallest absolute Gasteiger partial charge is 0.000698 e. The molecule has 0 heterocycles. The average Bonchev–Trinajstić information content (AvgIpc) is 2.21. The fourth-order valence-corrected chi connectivity index (χ4v) is 15.5. The average molecular weight is 997 g/mol. The van der Waals surface area contributed by atoms with Gasteiger partial charge in [0.1, 0.15) is 0 Å². The lowest BCUT2D eigenvalue weighted by Gasteiger charge is -2.22. The van der Waals surface area contributed by atoms with Crippen molar-refractivity contribution in [2.24, 2.45) is 0 Å². The van der Waals surface area contributed by atoms with Crippen LogP contribution in [-0.2, 0) is 16.2 Å². The topological polar surface area (TPSA) is 0 Å². The highest BCUT2D eigenvalue weighted by Gasteiger charge is 2.32. The van der Waals surface area contributed by atoms with Crippen LogP contribution in [0.2, 0.25) is 0 Å². The predicted molar refractivity (Wildman–Crippen MR) is 344 cm³/mol. The quantitative estimate of drug-likeness (QED) is 0.120. The number of fused-ring (bicyclic) bond motifs is 15. The molecule has 0 aliphatic rings. The van der Waals surface area contributed by atoms with Crippen molar-refractivity contribution >= 4 is 151 Å². The van der Waals surface area contributed by atoms with Gasteiger partial charge in [0, 0.05) is 0 Å². The van der Waals surface area contributed by atoms with Crippen molar-refractivity contribution in [3.05, 3.63) is 192 Å². The molecule has 0 saturated heterocycles. The summed E-state index contributed by atoms with van der Waals surface area (Å²) in [5.74, 6) is 0. The van der Waals surface area contributed by atoms with Gasteiger partial charge in [-0.1, -0.05) is 202 Å². The number of rotatable bonds is 2. The van der Waals surface area contributed by atoms with E-state index in [1.807, 2.05) is 0 Å². The van der Waals surface area contributed by atoms with E-state index < -0.39 is 0 Å². The van der Waals surface area contributed by atoms with Crippen LogP contribution < -0.4 is 0 Å². The van der Waals surface area contributed by atoms with E-state index >= 15 is 0 Å². The van der Waals surface area contributed by atoms with Gasteiger partial charge in [-0.3, -0.25) is 0 Å². The Morgan fingerprint density at radius 2 is 0.526 bits per heavy atom. The Labute approximate surface area is 454 Å². The molecule has 372 valence electrons. The second kappa shape index (κ2) is 14.4. The zero-order valence-corrected chi connectivity index (χ0v) is 46.6. The number of hydrogen-bond donors (Lipinski definition) is 0. The molecule has 0 unspecified atom stereocenters. The van der Waals surface area contributed by atoms with E-state index in [2.05, 4.69) is 240 Å². The van der Waals surface area contributed by atoms with Crippen molar-refractivity contribution in [3.63, 3.8) is 0 Å². The third-order valence-electron chi connectivity index (χ3n) is 19.2. The van der Waals surface area contributed by atoms with Crippen LogP contribution in [0.4, 0.5) is 0 Å². The number of aryl methyl sites for hydroxylation is 2. The molecule has 0 fully saturated rings. The molecule has 0 aliphatic heterocycles. The maximum absolute atomic E-state index is 2.57. The molecule has 0 N–H and O–H groups in total. The van der Waals surface area contributed by atoms with Gasteiger partial charge in [0.25, 0.3) is 0 Å². The maximum Gasteiger partial charge on any atom is -0.000698 e. The molecule has 78 heavy (non-hydrogen) atoms. The molecule has 17 rings (SSSR count). The van der Waals surface area contributed by atoms with Crippen LogP contribution >= 0.6 is 0 Å². The van der Waals surface area contributed by atoms with E-state index in [9.17, 15) is 0 Å². The minimum atomic E-state index is -0.0502. The van der Waals surface area contributed by atoms with Crippen molar-refractivity contribution in [2.75, 3.05) is 0 Å². The lowest BCUT2D eigenvalue weighted by molar-refractivity contribution is 0.590. The summed E-state index contributed by atoms with van der Waals surface area (Å²) in [5.41, 5.74) is 12.0. The predicted octanol–water partition coefficient (Wildman–Crippen LogP) is 22.9. The Morgan fingerprint density at radius 1 is 0.218 bits per heavy atom. The minimum absolute atomic E-state index is 0.0265. The molecule has 0 saturated carbocycles. The zero-order chi connectivity index (χ0) is 53.0. The summed E-state index contributed by atoms with van der Waals surface area (Å²) in [7, 11) is 0. The zero-order valence-electron chi connectivity index (χ0n) is 46.6. The summed E-state index contributed by atoms with van der Waals surface area (Å²) in [5, 5.41) is 38.3. The Balaban J connectivity index is 1.08. The third kappa shape index (κ3) is 5.46. The van der Waals surface area contributed by atoms with Gasteiger partial charge in [0.15, 0.2) is 0 Å². The van der Waals surface area contributed by atoms with Gasteiger partial charge in [-0.15, -0.1) is 0 Å². The molecule has 0 amide bonds. The standard InChI is InChI=1S/C78H60/c1-39-18-12-14-20-46(39)69-72-56-30-27-52-50-24-25-54-58-35-42-34-43(76(3,4)5)36-59-48-22-16-17-23-49(48)71(63(42)59)68(58)55-29-26-51(64(50)66(54)55)53-28-31-57(67(56)65(52)53)73(72)70(47-21-15-13-19-40(47)2)75-61-38-45(78(9,10)11)33-41-32-44(77(6,7)8)37-60(62(41)61)74(69)75/h12-38H,1-11H3. The van der Waals surface area contributed by atoms with E-state index in [0.29, 0.717) is 0 Å². The van der Waals surface area contributed by atoms with Crippen molar-refractivity contribution in [1.29, 1.82) is 0 Å². The molecule has 0 aliphatic carbocycles. The summed E-state index contributed by atoms with van der Waals surface area (Å²) in [6.07, 6.45) is 0. The number of hydrogen-bond acceptors (Lipinski definition) is 0. The van der Waals surface area contributed by atoms with Gasteiger partial charge in [-0.2, -0.15) is 0 Å². The third-order valence-corrected chi connectivity index (χ3v) is 19.2. The van der Waals surface area contributed by atoms with Crippen molar-refractivity contribution in [3.8, 4) is 22.3 Å². The van der Waals surface area contributed by atoms with Crippen molar-refractivity contribution < 1.29 is 0 Å². The molecular formula is C78H60. The fourth-order valence-electron chi connectivity index (χ4n) is 15.5. The maximum atomic E-state index is 2.57. The van der Waals surface area contributed by atoms with Crippen LogP contribution in [0.3, 0.4) is 0 Å². The molecule has 0 radical (unpaired) electrons. The van der Waals surface area contributed by atoms with Crippen molar-refractivity contribution in [1.82, 2.24) is 0 Å². The van der Waals surface area contributed by atoms with Crippen LogP contribution in [0.1, 0.15) is 90.1 Å². The van der Waals surface area contributed by atoms with Crippen molar-refractivity contribution in [2.45, 2.75) is 92.4 Å². The molecule has 0 spiro atoms. The highest BCUT2D eigenvalue weighted by Crippen LogP contribution is 2.59. The Hall–Kier alpha value is -8.32. The van der Waals surface area contributed by atoms with E-state index in [1.165, 1.54) is 201 Å². The molecule has 17 aromatic carbocycles. The summed E-state index contributed by atoms with van der Waals surface area (Å²) in [6, 6.07) is 65.2. The second-order valence-corrected chi connectivity index (χ2v) is 26.8. The van der Waals surface area contributed by atoms with E-state index in [0.717, 1.165) is 0 Å². The SMILES string of the molecule is Cc1ccccc1-c1c2c3cc(C(C)(C)C)cc4cc(C(C)(C)C)cc(c2c(-c2ccccc2C)c2c5ccc6c7ccc8c9c(ccc(c%10ccc(c12)c5c%106)c79)c1cc2cc(C(C)(C)C)cc5c6ccccc6c(c25)c18)c43. The van der Waals surface area contributed by atoms with Gasteiger partial charge in [0.2, 0.25) is 0 Å². The Bertz CT molecular complexity index is 5280. The van der Waals surface area contributed by atoms with E-state index in [1.54, 1.807) is 0 Å². The largest absolute Gasteiger partial charge is 0.0620 e. The van der Waals surface area contributed by atoms with E-state index in [4.69, 9.17) is 0 Å². The minimum Gasteiger partial charge on any atom is -0.0620 e. The van der Waals surface area contributed by atoms with E-state index in [-0.39, 0.29) is 16.2 Å². The molecular weight excluding hydrogens is 937 g/mol. The normalized spacial score (nSPS) is 13.6. The molecule has 17 aromatic rings. The first kappa shape index (κ1) is 44.8. The van der Waals surface area contributed by atoms with Crippen LogP contribution in [0.25, 0.3) is 173 Å². The van der Waals surface area contributed by atoms with Crippen LogP contribution in [0.15, 0.2) is 164 Å². The second-order valence-electron chi connectivity index (χ2n) is 26.8. The monoisotopic (exact) mass is 996 g/mol. The highest BCUT2D eigenvalue weighted by molar-refractivity contribution is 6.52. The van der Waals surface area contributed by atoms with Gasteiger partial charge < -0.3 is 0 Å². The number of benzene rings is 13. The Morgan fingerprint density at radius 3 is 0.987 bits per heavy atom. The molecule has 0 atom stereocenters. The fraction of sp³-hybridized carbons (Fsp3) is 0.179. The first-order chi connectivity index (χ1) is 37.5. The first-order valence-electron chi connectivity index (χ1n) is 28.4. The lowest BCUT2D eigenvalue weighted by Crippen LogP contribution is -2.12. The summed E-state index contributed by atoms with van der Waals surface area (Å²) < 4.78 is 0. The van der Waals surface area contributed by atoms with Crippen LogP contribution in [0.5, 0.6) is 0 Å². The van der Waals surface area contributed by atoms with Gasteiger partial charge in [-0.25, -0.2) is 0 Å². The summed E-state index contributed by atoms with van der Waals surface area (Å²) in [6.45, 7) is 26.0.